The second-order valence-corrected chi connectivity index (χ2v) is 6.32. The van der Waals surface area contributed by atoms with Gasteiger partial charge in [0.15, 0.2) is 0 Å². The predicted molar refractivity (Wildman–Crippen MR) is 87.5 cm³/mol. The summed E-state index contributed by atoms with van der Waals surface area (Å²) < 4.78 is 37.6. The van der Waals surface area contributed by atoms with Gasteiger partial charge in [-0.3, -0.25) is 4.79 Å². The average molecular weight is 354 g/mol. The number of nitrogens with zero attached hydrogens (tertiary/aromatic N) is 1. The number of benzene rings is 1. The molecule has 7 heteroatoms. The Morgan fingerprint density at radius 1 is 1.21 bits per heavy atom. The summed E-state index contributed by atoms with van der Waals surface area (Å²) in [7, 11) is 0. The quantitative estimate of drug-likeness (QED) is 0.787. The monoisotopic (exact) mass is 354 g/mol. The maximum Gasteiger partial charge on any atom is 0.417 e. The van der Waals surface area contributed by atoms with Gasteiger partial charge in [0.2, 0.25) is 5.91 Å². The molecule has 0 aliphatic rings. The van der Waals surface area contributed by atoms with Crippen LogP contribution >= 0.6 is 11.8 Å². The van der Waals surface area contributed by atoms with Crippen molar-refractivity contribution in [2.24, 2.45) is 0 Å². The van der Waals surface area contributed by atoms with E-state index in [9.17, 15) is 18.0 Å². The maximum absolute atomic E-state index is 12.5. The predicted octanol–water partition coefficient (Wildman–Crippen LogP) is 4.29. The lowest BCUT2D eigenvalue weighted by atomic mass is 10.2. The molecule has 1 N–H and O–H groups in total. The molecule has 2 rings (SSSR count). The Morgan fingerprint density at radius 3 is 2.46 bits per heavy atom. The van der Waals surface area contributed by atoms with Crippen LogP contribution in [0.15, 0.2) is 53.7 Å². The Bertz CT molecular complexity index is 660. The number of thioether (sulfide) groups is 1. The van der Waals surface area contributed by atoms with E-state index in [0.717, 1.165) is 29.6 Å². The summed E-state index contributed by atoms with van der Waals surface area (Å²) in [4.78, 5) is 16.0. The normalized spacial score (nSPS) is 12.7. The van der Waals surface area contributed by atoms with Gasteiger partial charge in [0.1, 0.15) is 0 Å². The fraction of sp³-hybridized carbons (Fsp3) is 0.294. The molecule has 128 valence electrons. The van der Waals surface area contributed by atoms with Gasteiger partial charge < -0.3 is 5.32 Å². The third kappa shape index (κ3) is 5.26. The Labute approximate surface area is 142 Å². The van der Waals surface area contributed by atoms with Crippen molar-refractivity contribution >= 4 is 17.7 Å². The Kier molecular flexibility index (Phi) is 6.25. The van der Waals surface area contributed by atoms with Crippen LogP contribution in [0.25, 0.3) is 0 Å². The highest BCUT2D eigenvalue weighted by Gasteiger charge is 2.30. The minimum absolute atomic E-state index is 0.159. The molecule has 0 bridgehead atoms. The summed E-state index contributed by atoms with van der Waals surface area (Å²) in [5.74, 6) is -0.159. The van der Waals surface area contributed by atoms with E-state index >= 15 is 0 Å². The smallest absolute Gasteiger partial charge is 0.351 e. The summed E-state index contributed by atoms with van der Waals surface area (Å²) >= 11 is 1.16. The van der Waals surface area contributed by atoms with Crippen molar-refractivity contribution in [3.63, 3.8) is 0 Å². The number of amides is 1. The minimum Gasteiger partial charge on any atom is -0.351 e. The van der Waals surface area contributed by atoms with Gasteiger partial charge in [0, 0.05) is 12.7 Å². The van der Waals surface area contributed by atoms with Crippen molar-refractivity contribution in [1.82, 2.24) is 10.3 Å². The number of hydrogen-bond acceptors (Lipinski definition) is 3. The van der Waals surface area contributed by atoms with Crippen molar-refractivity contribution in [3.05, 3.63) is 59.8 Å². The molecule has 0 radical (unpaired) electrons. The first-order valence-electron chi connectivity index (χ1n) is 7.41. The van der Waals surface area contributed by atoms with E-state index in [1.165, 1.54) is 6.07 Å². The number of halogens is 3. The number of aromatic nitrogens is 1. The number of carbonyl (C=O) groups is 1. The van der Waals surface area contributed by atoms with Crippen LogP contribution in [-0.4, -0.2) is 16.1 Å². The molecule has 1 aromatic heterocycles. The first-order chi connectivity index (χ1) is 11.4. The van der Waals surface area contributed by atoms with Gasteiger partial charge in [0.05, 0.1) is 15.8 Å². The highest BCUT2D eigenvalue weighted by Crippen LogP contribution is 2.30. The third-order valence-electron chi connectivity index (χ3n) is 3.30. The fourth-order valence-corrected chi connectivity index (χ4v) is 2.89. The zero-order chi connectivity index (χ0) is 17.6. The summed E-state index contributed by atoms with van der Waals surface area (Å²) in [6, 6.07) is 11.8. The van der Waals surface area contributed by atoms with Gasteiger partial charge >= 0.3 is 6.18 Å². The fourth-order valence-electron chi connectivity index (χ4n) is 1.98. The van der Waals surface area contributed by atoms with E-state index in [2.05, 4.69) is 10.3 Å². The molecule has 2 aromatic rings. The van der Waals surface area contributed by atoms with Crippen molar-refractivity contribution in [2.75, 3.05) is 0 Å². The Hall–Kier alpha value is -2.02. The molecule has 0 fully saturated rings. The molecule has 24 heavy (non-hydrogen) atoms. The van der Waals surface area contributed by atoms with Crippen LogP contribution in [0.2, 0.25) is 0 Å². The largest absolute Gasteiger partial charge is 0.417 e. The van der Waals surface area contributed by atoms with E-state index in [1.54, 1.807) is 0 Å². The molecule has 0 saturated heterocycles. The van der Waals surface area contributed by atoms with Gasteiger partial charge in [-0.15, -0.1) is 0 Å². The summed E-state index contributed by atoms with van der Waals surface area (Å²) in [5, 5.41) is 2.83. The first-order valence-corrected chi connectivity index (χ1v) is 8.29. The highest BCUT2D eigenvalue weighted by molar-refractivity contribution is 8.00. The zero-order valence-corrected chi connectivity index (χ0v) is 13.8. The lowest BCUT2D eigenvalue weighted by Crippen LogP contribution is -2.31. The van der Waals surface area contributed by atoms with Crippen LogP contribution in [0.5, 0.6) is 0 Å². The van der Waals surface area contributed by atoms with Gasteiger partial charge in [0.25, 0.3) is 0 Å². The van der Waals surface area contributed by atoms with Gasteiger partial charge in [-0.05, 0) is 24.1 Å². The lowest BCUT2D eigenvalue weighted by molar-refractivity contribution is -0.137. The molecule has 1 aromatic carbocycles. The van der Waals surface area contributed by atoms with E-state index in [1.807, 2.05) is 37.3 Å². The minimum atomic E-state index is -4.41. The molecule has 1 atom stereocenters. The van der Waals surface area contributed by atoms with Gasteiger partial charge in [-0.25, -0.2) is 4.98 Å². The number of alkyl halides is 3. The van der Waals surface area contributed by atoms with Crippen LogP contribution in [0.3, 0.4) is 0 Å². The van der Waals surface area contributed by atoms with Crippen molar-refractivity contribution in [1.29, 1.82) is 0 Å². The second-order valence-electron chi connectivity index (χ2n) is 5.10. The van der Waals surface area contributed by atoms with E-state index in [4.69, 9.17) is 0 Å². The molecule has 0 spiro atoms. The number of rotatable bonds is 6. The molecule has 0 saturated carbocycles. The lowest BCUT2D eigenvalue weighted by Gasteiger charge is -2.14. The number of nitrogens with one attached hydrogen (secondary N) is 1. The van der Waals surface area contributed by atoms with Crippen molar-refractivity contribution in [3.8, 4) is 0 Å². The molecule has 1 unspecified atom stereocenters. The van der Waals surface area contributed by atoms with Crippen molar-refractivity contribution < 1.29 is 18.0 Å². The number of pyridine rings is 1. The number of carbonyl (C=O) groups excluding carboxylic acids is 1. The topological polar surface area (TPSA) is 42.0 Å². The molecule has 1 amide bonds. The zero-order valence-electron chi connectivity index (χ0n) is 13.0. The molecule has 0 aliphatic heterocycles. The van der Waals surface area contributed by atoms with Crippen LogP contribution in [0, 0.1) is 0 Å². The standard InChI is InChI=1S/C17H17F3N2OS/c1-2-14(16(23)22-10-12-6-4-3-5-7-12)24-15-9-8-13(11-21-15)17(18,19)20/h3-9,11,14H,2,10H2,1H3,(H,22,23). The van der Waals surface area contributed by atoms with Crippen LogP contribution < -0.4 is 5.32 Å². The third-order valence-corrected chi connectivity index (χ3v) is 4.61. The first kappa shape index (κ1) is 18.3. The Balaban J connectivity index is 1.94. The van der Waals surface area contributed by atoms with Crippen LogP contribution in [0.1, 0.15) is 24.5 Å². The maximum atomic E-state index is 12.5. The Morgan fingerprint density at radius 2 is 1.92 bits per heavy atom. The highest BCUT2D eigenvalue weighted by atomic mass is 32.2. The summed E-state index contributed by atoms with van der Waals surface area (Å²) in [6.07, 6.45) is -3.07. The van der Waals surface area contributed by atoms with E-state index in [0.29, 0.717) is 18.0 Å². The summed E-state index contributed by atoms with van der Waals surface area (Å²) in [5.41, 5.74) is 0.187. The SMILES string of the molecule is CCC(Sc1ccc(C(F)(F)F)cn1)C(=O)NCc1ccccc1. The molecule has 1 heterocycles. The molecular formula is C17H17F3N2OS. The molecule has 0 aliphatic carbocycles. The average Bonchev–Trinajstić information content (AvgIpc) is 2.58. The molecular weight excluding hydrogens is 337 g/mol. The van der Waals surface area contributed by atoms with Gasteiger partial charge in [-0.1, -0.05) is 49.0 Å². The second kappa shape index (κ2) is 8.19. The molecule has 3 nitrogen and oxygen atoms in total. The van der Waals surface area contributed by atoms with E-state index in [-0.39, 0.29) is 5.91 Å². The van der Waals surface area contributed by atoms with Crippen molar-refractivity contribution in [2.45, 2.75) is 36.3 Å². The van der Waals surface area contributed by atoms with Crippen LogP contribution in [0.4, 0.5) is 13.2 Å². The van der Waals surface area contributed by atoms with Gasteiger partial charge in [-0.2, -0.15) is 13.2 Å². The number of hydrogen-bond donors (Lipinski definition) is 1. The van der Waals surface area contributed by atoms with E-state index < -0.39 is 17.0 Å². The summed E-state index contributed by atoms with van der Waals surface area (Å²) in [6.45, 7) is 2.26. The van der Waals surface area contributed by atoms with Crippen LogP contribution in [-0.2, 0) is 17.5 Å².